The van der Waals surface area contributed by atoms with Gasteiger partial charge in [0.05, 0.1) is 0 Å². The van der Waals surface area contributed by atoms with Crippen LogP contribution in [-0.2, 0) is 9.53 Å². The summed E-state index contributed by atoms with van der Waals surface area (Å²) in [7, 11) is 1.88. The van der Waals surface area contributed by atoms with E-state index in [2.05, 4.69) is 10.1 Å². The lowest BCUT2D eigenvalue weighted by molar-refractivity contribution is -0.175. The number of carbonyl (C=O) groups excluding carboxylic acids is 1. The van der Waals surface area contributed by atoms with Gasteiger partial charge in [-0.3, -0.25) is 4.79 Å². The first-order chi connectivity index (χ1) is 9.79. The van der Waals surface area contributed by atoms with Gasteiger partial charge in [-0.1, -0.05) is 18.2 Å². The number of para-hydroxylation sites is 1. The van der Waals surface area contributed by atoms with Crippen LogP contribution in [0.5, 0.6) is 0 Å². The summed E-state index contributed by atoms with van der Waals surface area (Å²) in [6.07, 6.45) is -4.42. The maximum Gasteiger partial charge on any atom is 0.411 e. The summed E-state index contributed by atoms with van der Waals surface area (Å²) >= 11 is 0. The summed E-state index contributed by atoms with van der Waals surface area (Å²) in [6.45, 7) is 0.213. The highest BCUT2D eigenvalue weighted by atomic mass is 19.4. The first-order valence-electron chi connectivity index (χ1n) is 6.48. The van der Waals surface area contributed by atoms with Crippen molar-refractivity contribution >= 4 is 11.6 Å². The Kier molecular flexibility index (Phi) is 6.48. The molecule has 0 heterocycles. The third-order valence-electron chi connectivity index (χ3n) is 2.92. The van der Waals surface area contributed by atoms with Gasteiger partial charge >= 0.3 is 6.18 Å². The molecule has 21 heavy (non-hydrogen) atoms. The monoisotopic (exact) mass is 304 g/mol. The van der Waals surface area contributed by atoms with Gasteiger partial charge in [-0.2, -0.15) is 13.2 Å². The minimum absolute atomic E-state index is 0.000957. The van der Waals surface area contributed by atoms with E-state index in [9.17, 15) is 18.0 Å². The number of likely N-dealkylation sites (N-methyl/N-ethyl adjacent to an activating group) is 1. The van der Waals surface area contributed by atoms with Crippen LogP contribution in [0.1, 0.15) is 6.92 Å². The Morgan fingerprint density at radius 3 is 2.52 bits per heavy atom. The van der Waals surface area contributed by atoms with Crippen molar-refractivity contribution in [3.05, 3.63) is 30.3 Å². The number of nitrogens with one attached hydrogen (secondary N) is 1. The average molecular weight is 304 g/mol. The van der Waals surface area contributed by atoms with Crippen molar-refractivity contribution in [1.82, 2.24) is 5.32 Å². The van der Waals surface area contributed by atoms with Crippen molar-refractivity contribution in [2.75, 3.05) is 31.7 Å². The van der Waals surface area contributed by atoms with Crippen molar-refractivity contribution in [2.45, 2.75) is 19.1 Å². The molecule has 0 aliphatic heterocycles. The van der Waals surface area contributed by atoms with Gasteiger partial charge in [-0.05, 0) is 19.1 Å². The van der Waals surface area contributed by atoms with E-state index < -0.39 is 25.3 Å². The van der Waals surface area contributed by atoms with E-state index in [1.54, 1.807) is 0 Å². The highest BCUT2D eigenvalue weighted by molar-refractivity contribution is 5.77. The maximum absolute atomic E-state index is 11.9. The molecule has 0 spiro atoms. The zero-order chi connectivity index (χ0) is 15.9. The number of halogens is 3. The quantitative estimate of drug-likeness (QED) is 0.840. The summed E-state index contributed by atoms with van der Waals surface area (Å²) in [5.74, 6) is -0.562. The van der Waals surface area contributed by atoms with Crippen LogP contribution in [-0.4, -0.2) is 44.9 Å². The number of anilines is 1. The first kappa shape index (κ1) is 17.3. The molecule has 0 aliphatic rings. The predicted molar refractivity (Wildman–Crippen MR) is 74.2 cm³/mol. The van der Waals surface area contributed by atoms with Crippen LogP contribution in [0.4, 0.5) is 18.9 Å². The van der Waals surface area contributed by atoms with Crippen molar-refractivity contribution < 1.29 is 22.7 Å². The summed E-state index contributed by atoms with van der Waals surface area (Å²) in [4.78, 5) is 13.3. The molecule has 1 rings (SSSR count). The van der Waals surface area contributed by atoms with Crippen molar-refractivity contribution in [1.29, 1.82) is 0 Å². The number of carbonyl (C=O) groups is 1. The minimum Gasteiger partial charge on any atom is -0.370 e. The van der Waals surface area contributed by atoms with Gasteiger partial charge in [0.2, 0.25) is 5.91 Å². The van der Waals surface area contributed by atoms with E-state index in [1.807, 2.05) is 49.2 Å². The lowest BCUT2D eigenvalue weighted by atomic mass is 10.2. The summed E-state index contributed by atoms with van der Waals surface area (Å²) in [5, 5.41) is 2.55. The Morgan fingerprint density at radius 2 is 1.95 bits per heavy atom. The molecule has 0 unspecified atom stereocenters. The molecule has 0 aromatic heterocycles. The van der Waals surface area contributed by atoms with E-state index >= 15 is 0 Å². The molecular weight excluding hydrogens is 285 g/mol. The second kappa shape index (κ2) is 7.87. The van der Waals surface area contributed by atoms with Gasteiger partial charge in [0.1, 0.15) is 13.2 Å². The largest absolute Gasteiger partial charge is 0.411 e. The molecule has 118 valence electrons. The number of ether oxygens (including phenoxy) is 1. The zero-order valence-electron chi connectivity index (χ0n) is 12.0. The van der Waals surface area contributed by atoms with Crippen LogP contribution in [0.15, 0.2) is 30.3 Å². The predicted octanol–water partition coefficient (Wildman–Crippen LogP) is 2.21. The van der Waals surface area contributed by atoms with E-state index in [1.165, 1.54) is 0 Å². The topological polar surface area (TPSA) is 41.6 Å². The van der Waals surface area contributed by atoms with E-state index in [0.717, 1.165) is 5.69 Å². The molecule has 0 saturated carbocycles. The molecule has 0 bridgehead atoms. The Bertz CT molecular complexity index is 438. The normalized spacial score (nSPS) is 12.8. The highest BCUT2D eigenvalue weighted by Crippen LogP contribution is 2.14. The van der Waals surface area contributed by atoms with E-state index in [4.69, 9.17) is 0 Å². The molecule has 0 radical (unpaired) electrons. The molecular formula is C14H19F3N2O2. The maximum atomic E-state index is 11.9. The van der Waals surface area contributed by atoms with Crippen LogP contribution < -0.4 is 10.2 Å². The second-order valence-electron chi connectivity index (χ2n) is 4.71. The lowest BCUT2D eigenvalue weighted by Crippen LogP contribution is -2.41. The fraction of sp³-hybridized carbons (Fsp3) is 0.500. The summed E-state index contributed by atoms with van der Waals surface area (Å²) < 4.78 is 39.8. The fourth-order valence-corrected chi connectivity index (χ4v) is 1.63. The minimum atomic E-state index is -4.42. The zero-order valence-corrected chi connectivity index (χ0v) is 12.0. The van der Waals surface area contributed by atoms with Crippen molar-refractivity contribution in [3.8, 4) is 0 Å². The third-order valence-corrected chi connectivity index (χ3v) is 2.92. The molecule has 1 amide bonds. The molecule has 1 aromatic rings. The van der Waals surface area contributed by atoms with Crippen LogP contribution >= 0.6 is 0 Å². The molecule has 1 aromatic carbocycles. The standard InChI is InChI=1S/C14H19F3N2O2/c1-11(19(2)12-6-4-3-5-7-12)8-18-13(20)9-21-10-14(15,16)17/h3-7,11H,8-10H2,1-2H3,(H,18,20)/t11-/m0/s1. The van der Waals surface area contributed by atoms with Gasteiger partial charge in [0, 0.05) is 25.3 Å². The fourth-order valence-electron chi connectivity index (χ4n) is 1.63. The van der Waals surface area contributed by atoms with Crippen LogP contribution in [0, 0.1) is 0 Å². The smallest absolute Gasteiger partial charge is 0.370 e. The van der Waals surface area contributed by atoms with Gasteiger partial charge in [-0.15, -0.1) is 0 Å². The van der Waals surface area contributed by atoms with Gasteiger partial charge in [-0.25, -0.2) is 0 Å². The Morgan fingerprint density at radius 1 is 1.33 bits per heavy atom. The number of hydrogen-bond donors (Lipinski definition) is 1. The summed E-state index contributed by atoms with van der Waals surface area (Å²) in [5.41, 5.74) is 0.993. The van der Waals surface area contributed by atoms with Gasteiger partial charge < -0.3 is 15.0 Å². The van der Waals surface area contributed by atoms with Crippen molar-refractivity contribution in [3.63, 3.8) is 0 Å². The van der Waals surface area contributed by atoms with Gasteiger partial charge in [0.15, 0.2) is 0 Å². The number of alkyl halides is 3. The van der Waals surface area contributed by atoms with E-state index in [0.29, 0.717) is 6.54 Å². The second-order valence-corrected chi connectivity index (χ2v) is 4.71. The number of hydrogen-bond acceptors (Lipinski definition) is 3. The number of amides is 1. The SMILES string of the molecule is C[C@@H](CNC(=O)COCC(F)(F)F)N(C)c1ccccc1. The molecule has 0 fully saturated rings. The molecule has 1 atom stereocenters. The first-order valence-corrected chi connectivity index (χ1v) is 6.48. The highest BCUT2D eigenvalue weighted by Gasteiger charge is 2.27. The molecule has 1 N–H and O–H groups in total. The number of benzene rings is 1. The Labute approximate surface area is 121 Å². The lowest BCUT2D eigenvalue weighted by Gasteiger charge is -2.27. The third kappa shape index (κ3) is 6.99. The van der Waals surface area contributed by atoms with Crippen LogP contribution in [0.2, 0.25) is 0 Å². The molecule has 7 heteroatoms. The van der Waals surface area contributed by atoms with Gasteiger partial charge in [0.25, 0.3) is 0 Å². The molecule has 0 saturated heterocycles. The van der Waals surface area contributed by atoms with E-state index in [-0.39, 0.29) is 6.04 Å². The number of rotatable bonds is 7. The molecule has 0 aliphatic carbocycles. The average Bonchev–Trinajstić information content (AvgIpc) is 2.43. The van der Waals surface area contributed by atoms with Crippen LogP contribution in [0.3, 0.4) is 0 Å². The van der Waals surface area contributed by atoms with Crippen molar-refractivity contribution in [2.24, 2.45) is 0 Å². The number of nitrogens with zero attached hydrogens (tertiary/aromatic N) is 1. The molecule has 4 nitrogen and oxygen atoms in total. The summed E-state index contributed by atoms with van der Waals surface area (Å²) in [6, 6.07) is 9.58. The van der Waals surface area contributed by atoms with Crippen LogP contribution in [0.25, 0.3) is 0 Å². The Balaban J connectivity index is 2.29. The Hall–Kier alpha value is -1.76.